The number of carbonyl (C=O) groups is 1. The van der Waals surface area contributed by atoms with Crippen molar-refractivity contribution in [2.24, 2.45) is 0 Å². The highest BCUT2D eigenvalue weighted by molar-refractivity contribution is 5.71. The Balaban J connectivity index is 1.51. The van der Waals surface area contributed by atoms with Crippen LogP contribution in [0, 0.1) is 6.92 Å². The first-order chi connectivity index (χ1) is 18.1. The van der Waals surface area contributed by atoms with Crippen molar-refractivity contribution in [3.05, 3.63) is 76.9 Å². The van der Waals surface area contributed by atoms with Crippen LogP contribution in [0.15, 0.2) is 54.6 Å². The normalized spacial score (nSPS) is 13.7. The van der Waals surface area contributed by atoms with Crippen LogP contribution in [-0.4, -0.2) is 42.0 Å². The number of hydrogen-bond acceptors (Lipinski definition) is 6. The van der Waals surface area contributed by atoms with Crippen LogP contribution < -0.4 is 19.5 Å². The summed E-state index contributed by atoms with van der Waals surface area (Å²) in [6.07, 6.45) is -6.15. The van der Waals surface area contributed by atoms with Crippen molar-refractivity contribution in [2.45, 2.75) is 38.8 Å². The van der Waals surface area contributed by atoms with Crippen LogP contribution in [0.4, 0.5) is 13.2 Å². The first-order valence-corrected chi connectivity index (χ1v) is 12.0. The maximum absolute atomic E-state index is 13.7. The average molecular weight is 532 g/mol. The molecule has 10 heteroatoms. The molecule has 0 radical (unpaired) electrons. The molecule has 3 aromatic rings. The maximum atomic E-state index is 13.7. The molecule has 202 valence electrons. The van der Waals surface area contributed by atoms with Gasteiger partial charge in [-0.1, -0.05) is 30.3 Å². The van der Waals surface area contributed by atoms with Crippen LogP contribution in [0.3, 0.4) is 0 Å². The smallest absolute Gasteiger partial charge is 0.419 e. The fourth-order valence-electron chi connectivity index (χ4n) is 4.21. The number of aliphatic carboxylic acids is 1. The number of rotatable bonds is 10. The van der Waals surface area contributed by atoms with E-state index >= 15 is 0 Å². The zero-order valence-electron chi connectivity index (χ0n) is 20.7. The molecular formula is C28H28F3NO6. The maximum Gasteiger partial charge on any atom is 0.419 e. The third-order valence-electron chi connectivity index (χ3n) is 6.15. The molecule has 0 bridgehead atoms. The number of halogens is 3. The second-order valence-electron chi connectivity index (χ2n) is 8.95. The van der Waals surface area contributed by atoms with Crippen molar-refractivity contribution in [3.63, 3.8) is 0 Å². The topological polar surface area (TPSA) is 97.2 Å². The minimum Gasteiger partial charge on any atom is -0.488 e. The molecule has 0 saturated carbocycles. The van der Waals surface area contributed by atoms with Gasteiger partial charge in [-0.15, -0.1) is 0 Å². The minimum atomic E-state index is -4.61. The number of carboxylic acid groups (broad SMARTS) is 1. The van der Waals surface area contributed by atoms with Crippen LogP contribution >= 0.6 is 0 Å². The molecule has 0 fully saturated rings. The summed E-state index contributed by atoms with van der Waals surface area (Å²) in [4.78, 5) is 10.7. The second kappa shape index (κ2) is 11.7. The fraction of sp³-hybridized carbons (Fsp3) is 0.321. The number of hydrogen-bond donors (Lipinski definition) is 3. The first kappa shape index (κ1) is 27.3. The molecule has 0 spiro atoms. The molecule has 3 aromatic carbocycles. The van der Waals surface area contributed by atoms with Gasteiger partial charge < -0.3 is 29.7 Å². The number of alkyl halides is 3. The molecule has 0 aromatic heterocycles. The Kier molecular flexibility index (Phi) is 8.43. The van der Waals surface area contributed by atoms with Gasteiger partial charge in [0, 0.05) is 13.1 Å². The quantitative estimate of drug-likeness (QED) is 0.340. The summed E-state index contributed by atoms with van der Waals surface area (Å²) < 4.78 is 58.0. The van der Waals surface area contributed by atoms with Crippen molar-refractivity contribution in [1.82, 2.24) is 5.32 Å². The predicted molar refractivity (Wildman–Crippen MR) is 133 cm³/mol. The Morgan fingerprint density at radius 3 is 2.58 bits per heavy atom. The highest BCUT2D eigenvalue weighted by Crippen LogP contribution is 2.38. The summed E-state index contributed by atoms with van der Waals surface area (Å²) in [7, 11) is 0. The number of nitrogens with one attached hydrogen (secondary N) is 1. The lowest BCUT2D eigenvalue weighted by molar-refractivity contribution is -0.140. The Labute approximate surface area is 217 Å². The lowest BCUT2D eigenvalue weighted by Crippen LogP contribution is -2.28. The van der Waals surface area contributed by atoms with Gasteiger partial charge in [0.05, 0.1) is 18.1 Å². The Bertz CT molecular complexity index is 1290. The third-order valence-corrected chi connectivity index (χ3v) is 6.15. The average Bonchev–Trinajstić information content (AvgIpc) is 2.87. The molecule has 0 aliphatic carbocycles. The third kappa shape index (κ3) is 6.76. The van der Waals surface area contributed by atoms with E-state index < -0.39 is 30.2 Å². The van der Waals surface area contributed by atoms with Gasteiger partial charge in [0.25, 0.3) is 0 Å². The van der Waals surface area contributed by atoms with Gasteiger partial charge in [0.2, 0.25) is 0 Å². The van der Waals surface area contributed by atoms with Gasteiger partial charge in [-0.2, -0.15) is 13.2 Å². The van der Waals surface area contributed by atoms with Crippen LogP contribution in [0.5, 0.6) is 17.2 Å². The van der Waals surface area contributed by atoms with Crippen LogP contribution in [0.1, 0.15) is 28.7 Å². The van der Waals surface area contributed by atoms with Crippen LogP contribution in [0.2, 0.25) is 0 Å². The van der Waals surface area contributed by atoms with Gasteiger partial charge in [-0.25, -0.2) is 0 Å². The molecule has 0 unspecified atom stereocenters. The van der Waals surface area contributed by atoms with E-state index in [0.717, 1.165) is 28.3 Å². The molecule has 3 N–H and O–H groups in total. The summed E-state index contributed by atoms with van der Waals surface area (Å²) in [5, 5.41) is 21.2. The molecule has 1 aliphatic heterocycles. The summed E-state index contributed by atoms with van der Waals surface area (Å²) in [5.74, 6) is -0.141. The van der Waals surface area contributed by atoms with Crippen molar-refractivity contribution in [3.8, 4) is 28.4 Å². The zero-order chi connectivity index (χ0) is 27.3. The van der Waals surface area contributed by atoms with E-state index in [2.05, 4.69) is 5.32 Å². The summed E-state index contributed by atoms with van der Waals surface area (Å²) in [5.41, 5.74) is 2.98. The van der Waals surface area contributed by atoms with E-state index in [-0.39, 0.29) is 25.4 Å². The molecule has 4 rings (SSSR count). The van der Waals surface area contributed by atoms with Gasteiger partial charge >= 0.3 is 12.1 Å². The van der Waals surface area contributed by atoms with E-state index in [1.54, 1.807) is 6.07 Å². The van der Waals surface area contributed by atoms with E-state index in [4.69, 9.17) is 19.3 Å². The van der Waals surface area contributed by atoms with Crippen LogP contribution in [0.25, 0.3) is 11.1 Å². The summed E-state index contributed by atoms with van der Waals surface area (Å²) >= 11 is 0. The number of benzene rings is 3. The zero-order valence-corrected chi connectivity index (χ0v) is 20.7. The second-order valence-corrected chi connectivity index (χ2v) is 8.95. The number of fused-ring (bicyclic) bond motifs is 1. The van der Waals surface area contributed by atoms with Crippen molar-refractivity contribution in [2.75, 3.05) is 19.8 Å². The summed E-state index contributed by atoms with van der Waals surface area (Å²) in [6.45, 7) is 2.86. The van der Waals surface area contributed by atoms with Gasteiger partial charge in [-0.05, 0) is 59.0 Å². The molecule has 0 saturated heterocycles. The molecule has 0 amide bonds. The summed E-state index contributed by atoms with van der Waals surface area (Å²) in [6, 6.07) is 14.8. The van der Waals surface area contributed by atoms with Crippen LogP contribution in [-0.2, 0) is 24.1 Å². The lowest BCUT2D eigenvalue weighted by atomic mass is 9.96. The fourth-order valence-corrected chi connectivity index (χ4v) is 4.21. The van der Waals surface area contributed by atoms with E-state index in [0.29, 0.717) is 30.3 Å². The Morgan fingerprint density at radius 1 is 1.08 bits per heavy atom. The van der Waals surface area contributed by atoms with E-state index in [9.17, 15) is 23.1 Å². The minimum absolute atomic E-state index is 0.0185. The predicted octanol–water partition coefficient (Wildman–Crippen LogP) is 4.96. The highest BCUT2D eigenvalue weighted by Gasteiger charge is 2.34. The van der Waals surface area contributed by atoms with Crippen molar-refractivity contribution >= 4 is 5.97 Å². The molecular weight excluding hydrogens is 503 g/mol. The number of aliphatic hydroxyl groups is 1. The van der Waals surface area contributed by atoms with Crippen molar-refractivity contribution in [1.29, 1.82) is 0 Å². The Morgan fingerprint density at radius 2 is 1.84 bits per heavy atom. The molecule has 1 heterocycles. The first-order valence-electron chi connectivity index (χ1n) is 12.0. The number of ether oxygens (including phenoxy) is 3. The number of aliphatic hydroxyl groups excluding tert-OH is 1. The van der Waals surface area contributed by atoms with E-state index in [1.165, 1.54) is 12.1 Å². The molecule has 38 heavy (non-hydrogen) atoms. The largest absolute Gasteiger partial charge is 0.488 e. The van der Waals surface area contributed by atoms with E-state index in [1.807, 2.05) is 37.3 Å². The number of carboxylic acids is 1. The van der Waals surface area contributed by atoms with Crippen molar-refractivity contribution < 1.29 is 42.4 Å². The molecule has 1 aliphatic rings. The SMILES string of the molecule is Cc1c(COc2cc(CNC[C@@H](O)CC(=O)O)ccc2C(F)(F)F)cccc1-c1ccc2c(c1)OCCO2. The Hall–Kier alpha value is -3.76. The van der Waals surface area contributed by atoms with Gasteiger partial charge in [-0.3, -0.25) is 4.79 Å². The lowest BCUT2D eigenvalue weighted by Gasteiger charge is -2.20. The standard InChI is InChI=1S/C28H28F3NO6/c1-17-20(3-2-4-22(17)19-6-8-24-26(12-19)37-10-9-36-24)16-38-25-11-18(5-7-23(25)28(29,30)31)14-32-15-21(33)13-27(34)35/h2-8,11-12,21,32-33H,9-10,13-16H2,1H3,(H,34,35)/t21-/m0/s1. The van der Waals surface area contributed by atoms with Gasteiger partial charge in [0.1, 0.15) is 25.6 Å². The molecule has 7 nitrogen and oxygen atoms in total. The molecule has 1 atom stereocenters. The van der Waals surface area contributed by atoms with Gasteiger partial charge in [0.15, 0.2) is 11.5 Å². The highest BCUT2D eigenvalue weighted by atomic mass is 19.4. The monoisotopic (exact) mass is 531 g/mol.